The molecule has 0 atom stereocenters. The molecule has 3 rings (SSSR count). The first-order valence-electron chi connectivity index (χ1n) is 8.34. The Balaban J connectivity index is 1.41. The number of hydrogen-bond acceptors (Lipinski definition) is 5. The first kappa shape index (κ1) is 19.3. The van der Waals surface area contributed by atoms with Crippen molar-refractivity contribution in [3.05, 3.63) is 83.3 Å². The standard InChI is InChI=1S/C20H17ClN2O5/c21-14-6-8-16(9-7-14)27-13-19(24)22-23-20(25)18-11-10-17(28-18)12-26-15-4-2-1-3-5-15/h1-11H,12-13H2,(H,22,24)(H,23,25). The summed E-state index contributed by atoms with van der Waals surface area (Å²) in [5, 5.41) is 0.566. The smallest absolute Gasteiger partial charge is 0.305 e. The molecule has 1 heterocycles. The number of hydrogen-bond donors (Lipinski definition) is 2. The summed E-state index contributed by atoms with van der Waals surface area (Å²) in [4.78, 5) is 23.8. The van der Waals surface area contributed by atoms with E-state index in [1.165, 1.54) is 6.07 Å². The highest BCUT2D eigenvalue weighted by Crippen LogP contribution is 2.15. The normalized spacial score (nSPS) is 10.2. The van der Waals surface area contributed by atoms with E-state index in [9.17, 15) is 9.59 Å². The van der Waals surface area contributed by atoms with E-state index in [1.54, 1.807) is 30.3 Å². The number of carbonyl (C=O) groups is 2. The summed E-state index contributed by atoms with van der Waals surface area (Å²) in [6.07, 6.45) is 0. The van der Waals surface area contributed by atoms with Crippen molar-refractivity contribution in [3.8, 4) is 11.5 Å². The van der Waals surface area contributed by atoms with Gasteiger partial charge in [-0.2, -0.15) is 0 Å². The largest absolute Gasteiger partial charge is 0.486 e. The van der Waals surface area contributed by atoms with Gasteiger partial charge in [0.25, 0.3) is 5.91 Å². The fraction of sp³-hybridized carbons (Fsp3) is 0.100. The van der Waals surface area contributed by atoms with Crippen LogP contribution in [0.5, 0.6) is 11.5 Å². The van der Waals surface area contributed by atoms with Crippen LogP contribution >= 0.6 is 11.6 Å². The third kappa shape index (κ3) is 5.78. The molecule has 2 N–H and O–H groups in total. The van der Waals surface area contributed by atoms with Gasteiger partial charge in [-0.15, -0.1) is 0 Å². The van der Waals surface area contributed by atoms with Crippen molar-refractivity contribution >= 4 is 23.4 Å². The van der Waals surface area contributed by atoms with Crippen molar-refractivity contribution in [2.75, 3.05) is 6.61 Å². The summed E-state index contributed by atoms with van der Waals surface area (Å²) in [7, 11) is 0. The summed E-state index contributed by atoms with van der Waals surface area (Å²) in [5.41, 5.74) is 4.51. The van der Waals surface area contributed by atoms with Crippen LogP contribution in [0.15, 0.2) is 71.1 Å². The number of hydrazine groups is 1. The molecule has 0 saturated carbocycles. The molecule has 0 radical (unpaired) electrons. The van der Waals surface area contributed by atoms with Crippen LogP contribution in [0.1, 0.15) is 16.3 Å². The fourth-order valence-electron chi connectivity index (χ4n) is 2.15. The third-order valence-electron chi connectivity index (χ3n) is 3.51. The fourth-order valence-corrected chi connectivity index (χ4v) is 2.28. The molecule has 144 valence electrons. The van der Waals surface area contributed by atoms with Crippen molar-refractivity contribution < 1.29 is 23.5 Å². The number of benzene rings is 2. The molecule has 2 amide bonds. The van der Waals surface area contributed by atoms with E-state index in [0.717, 1.165) is 0 Å². The van der Waals surface area contributed by atoms with Gasteiger partial charge in [0, 0.05) is 5.02 Å². The van der Waals surface area contributed by atoms with Crippen molar-refractivity contribution in [1.29, 1.82) is 0 Å². The molecule has 0 saturated heterocycles. The van der Waals surface area contributed by atoms with Crippen molar-refractivity contribution in [2.24, 2.45) is 0 Å². The van der Waals surface area contributed by atoms with Crippen LogP contribution in [0, 0.1) is 0 Å². The maximum atomic E-state index is 12.0. The molecule has 7 nitrogen and oxygen atoms in total. The second-order valence-corrected chi connectivity index (χ2v) is 6.05. The number of carbonyl (C=O) groups excluding carboxylic acids is 2. The van der Waals surface area contributed by atoms with E-state index in [1.807, 2.05) is 30.3 Å². The first-order chi connectivity index (χ1) is 13.6. The van der Waals surface area contributed by atoms with E-state index in [-0.39, 0.29) is 19.0 Å². The van der Waals surface area contributed by atoms with Gasteiger partial charge in [-0.25, -0.2) is 0 Å². The van der Waals surface area contributed by atoms with Crippen molar-refractivity contribution in [2.45, 2.75) is 6.61 Å². The lowest BCUT2D eigenvalue weighted by Gasteiger charge is -2.08. The number of halogens is 1. The predicted octanol–water partition coefficient (Wildman–Crippen LogP) is 3.35. The molecule has 1 aromatic heterocycles. The van der Waals surface area contributed by atoms with Crippen LogP contribution in [0.4, 0.5) is 0 Å². The van der Waals surface area contributed by atoms with E-state index in [4.69, 9.17) is 25.5 Å². The Morgan fingerprint density at radius 1 is 0.857 bits per heavy atom. The second kappa shape index (κ2) is 9.48. The van der Waals surface area contributed by atoms with Gasteiger partial charge in [0.2, 0.25) is 0 Å². The van der Waals surface area contributed by atoms with E-state index in [0.29, 0.717) is 22.3 Å². The molecule has 0 bridgehead atoms. The van der Waals surface area contributed by atoms with Gasteiger partial charge >= 0.3 is 5.91 Å². The lowest BCUT2D eigenvalue weighted by Crippen LogP contribution is -2.43. The quantitative estimate of drug-likeness (QED) is 0.593. The highest BCUT2D eigenvalue weighted by Gasteiger charge is 2.13. The Kier molecular flexibility index (Phi) is 6.54. The first-order valence-corrected chi connectivity index (χ1v) is 8.72. The molecule has 0 aliphatic carbocycles. The Hall–Kier alpha value is -3.45. The van der Waals surface area contributed by atoms with E-state index < -0.39 is 11.8 Å². The zero-order chi connectivity index (χ0) is 19.8. The summed E-state index contributed by atoms with van der Waals surface area (Å²) in [6.45, 7) is -0.0885. The Labute approximate surface area is 166 Å². The minimum atomic E-state index is -0.592. The highest BCUT2D eigenvalue weighted by molar-refractivity contribution is 6.30. The maximum Gasteiger partial charge on any atom is 0.305 e. The highest BCUT2D eigenvalue weighted by atomic mass is 35.5. The minimum absolute atomic E-state index is 0.0468. The van der Waals surface area contributed by atoms with Crippen LogP contribution in [0.25, 0.3) is 0 Å². The molecular weight excluding hydrogens is 384 g/mol. The molecule has 2 aromatic carbocycles. The minimum Gasteiger partial charge on any atom is -0.486 e. The lowest BCUT2D eigenvalue weighted by molar-refractivity contribution is -0.123. The van der Waals surface area contributed by atoms with Gasteiger partial charge < -0.3 is 13.9 Å². The Morgan fingerprint density at radius 3 is 2.32 bits per heavy atom. The van der Waals surface area contributed by atoms with Crippen molar-refractivity contribution in [1.82, 2.24) is 10.9 Å². The van der Waals surface area contributed by atoms with Crippen LogP contribution < -0.4 is 20.3 Å². The Bertz CT molecular complexity index is 925. The van der Waals surface area contributed by atoms with Gasteiger partial charge in [0.15, 0.2) is 12.4 Å². The van der Waals surface area contributed by atoms with E-state index in [2.05, 4.69) is 10.9 Å². The molecule has 0 fully saturated rings. The molecule has 3 aromatic rings. The summed E-state index contributed by atoms with van der Waals surface area (Å²) >= 11 is 5.77. The van der Waals surface area contributed by atoms with Gasteiger partial charge in [0.05, 0.1) is 0 Å². The van der Waals surface area contributed by atoms with Gasteiger partial charge in [0.1, 0.15) is 23.9 Å². The summed E-state index contributed by atoms with van der Waals surface area (Å²) in [5.74, 6) is 0.586. The number of furan rings is 1. The van der Waals surface area contributed by atoms with Gasteiger partial charge in [-0.3, -0.25) is 20.4 Å². The van der Waals surface area contributed by atoms with Crippen molar-refractivity contribution in [3.63, 3.8) is 0 Å². The summed E-state index contributed by atoms with van der Waals surface area (Å²) < 4.78 is 16.2. The molecule has 28 heavy (non-hydrogen) atoms. The number of ether oxygens (including phenoxy) is 2. The van der Waals surface area contributed by atoms with Gasteiger partial charge in [-0.1, -0.05) is 29.8 Å². The predicted molar refractivity (Wildman–Crippen MR) is 102 cm³/mol. The maximum absolute atomic E-state index is 12.0. The van der Waals surface area contributed by atoms with Crippen LogP contribution in [0.3, 0.4) is 0 Å². The van der Waals surface area contributed by atoms with Gasteiger partial charge in [-0.05, 0) is 48.5 Å². The van der Waals surface area contributed by atoms with Crippen LogP contribution in [-0.2, 0) is 11.4 Å². The third-order valence-corrected chi connectivity index (χ3v) is 3.76. The topological polar surface area (TPSA) is 89.8 Å². The number of rotatable bonds is 7. The lowest BCUT2D eigenvalue weighted by atomic mass is 10.3. The molecule has 0 spiro atoms. The SMILES string of the molecule is O=C(COc1ccc(Cl)cc1)NNC(=O)c1ccc(COc2ccccc2)o1. The molecule has 0 aliphatic heterocycles. The molecule has 0 aliphatic rings. The zero-order valence-electron chi connectivity index (χ0n) is 14.7. The average molecular weight is 401 g/mol. The van der Waals surface area contributed by atoms with E-state index >= 15 is 0 Å². The molecule has 0 unspecified atom stereocenters. The Morgan fingerprint density at radius 2 is 1.57 bits per heavy atom. The number of amides is 2. The van der Waals surface area contributed by atoms with Crippen LogP contribution in [0.2, 0.25) is 5.02 Å². The number of para-hydroxylation sites is 1. The zero-order valence-corrected chi connectivity index (χ0v) is 15.4. The average Bonchev–Trinajstić information content (AvgIpc) is 3.20. The van der Waals surface area contributed by atoms with Crippen LogP contribution in [-0.4, -0.2) is 18.4 Å². The molecule has 8 heteroatoms. The number of nitrogens with one attached hydrogen (secondary N) is 2. The monoisotopic (exact) mass is 400 g/mol. The second-order valence-electron chi connectivity index (χ2n) is 5.61. The summed E-state index contributed by atoms with van der Waals surface area (Å²) in [6, 6.07) is 18.9. The molecular formula is C20H17ClN2O5.